The number of aromatic nitrogens is 2. The summed E-state index contributed by atoms with van der Waals surface area (Å²) in [6, 6.07) is 10.4. The molecule has 1 atom stereocenters. The van der Waals surface area contributed by atoms with Crippen LogP contribution >= 0.6 is 11.6 Å². The highest BCUT2D eigenvalue weighted by molar-refractivity contribution is 6.34. The highest BCUT2D eigenvalue weighted by atomic mass is 35.5. The number of benzene rings is 2. The molecule has 9 heteroatoms. The first-order valence-corrected chi connectivity index (χ1v) is 10.5. The molecule has 0 aliphatic heterocycles. The molecule has 0 radical (unpaired) electrons. The summed E-state index contributed by atoms with van der Waals surface area (Å²) in [5.74, 6) is 0.126. The normalized spacial score (nSPS) is 12.0. The van der Waals surface area contributed by atoms with E-state index in [0.29, 0.717) is 36.2 Å². The molecule has 0 fully saturated rings. The van der Waals surface area contributed by atoms with Gasteiger partial charge in [-0.3, -0.25) is 24.3 Å². The fourth-order valence-electron chi connectivity index (χ4n) is 3.74. The third-order valence-electron chi connectivity index (χ3n) is 5.26. The maximum Gasteiger partial charge on any atom is 0.270 e. The van der Waals surface area contributed by atoms with Crippen molar-refractivity contribution in [2.45, 2.75) is 39.8 Å². The van der Waals surface area contributed by atoms with Crippen LogP contribution in [-0.4, -0.2) is 31.8 Å². The van der Waals surface area contributed by atoms with Crippen molar-refractivity contribution in [3.05, 3.63) is 79.3 Å². The number of halogens is 1. The lowest BCUT2D eigenvalue weighted by Crippen LogP contribution is -2.38. The Bertz CT molecular complexity index is 1210. The second kappa shape index (κ2) is 9.26. The van der Waals surface area contributed by atoms with Crippen LogP contribution < -0.4 is 5.56 Å². The van der Waals surface area contributed by atoms with Gasteiger partial charge in [-0.05, 0) is 38.5 Å². The van der Waals surface area contributed by atoms with Crippen LogP contribution in [0.25, 0.3) is 10.9 Å². The van der Waals surface area contributed by atoms with Crippen LogP contribution in [0.2, 0.25) is 5.02 Å². The van der Waals surface area contributed by atoms with E-state index in [-0.39, 0.29) is 27.7 Å². The number of non-ortho nitro benzene ring substituents is 1. The maximum absolute atomic E-state index is 13.4. The molecular weight excluding hydrogens is 420 g/mol. The first-order valence-electron chi connectivity index (χ1n) is 10.1. The van der Waals surface area contributed by atoms with E-state index in [4.69, 9.17) is 16.6 Å². The minimum Gasteiger partial charge on any atom is -0.329 e. The minimum atomic E-state index is -0.564. The van der Waals surface area contributed by atoms with Crippen molar-refractivity contribution in [3.8, 4) is 0 Å². The third-order valence-corrected chi connectivity index (χ3v) is 5.58. The number of hydrogen-bond donors (Lipinski definition) is 0. The monoisotopic (exact) mass is 442 g/mol. The van der Waals surface area contributed by atoms with Gasteiger partial charge in [0, 0.05) is 25.2 Å². The Hall–Kier alpha value is -3.26. The summed E-state index contributed by atoms with van der Waals surface area (Å²) in [7, 11) is 0. The summed E-state index contributed by atoms with van der Waals surface area (Å²) < 4.78 is 1.59. The van der Waals surface area contributed by atoms with Crippen LogP contribution in [0.3, 0.4) is 0 Å². The van der Waals surface area contributed by atoms with E-state index >= 15 is 0 Å². The Morgan fingerprint density at radius 2 is 1.94 bits per heavy atom. The second-order valence-electron chi connectivity index (χ2n) is 6.97. The number of para-hydroxylation sites is 1. The number of rotatable bonds is 7. The minimum absolute atomic E-state index is 0.00635. The van der Waals surface area contributed by atoms with E-state index in [0.717, 1.165) is 0 Å². The Kier molecular flexibility index (Phi) is 6.70. The number of fused-ring (bicyclic) bond motifs is 1. The summed E-state index contributed by atoms with van der Waals surface area (Å²) in [6.07, 6.45) is 0.523. The topological polar surface area (TPSA) is 98.3 Å². The van der Waals surface area contributed by atoms with Gasteiger partial charge in [-0.15, -0.1) is 0 Å². The fraction of sp³-hybridized carbons (Fsp3) is 0.318. The molecule has 162 valence electrons. The Morgan fingerprint density at radius 1 is 1.23 bits per heavy atom. The lowest BCUT2D eigenvalue weighted by atomic mass is 10.1. The summed E-state index contributed by atoms with van der Waals surface area (Å²) in [6.45, 7) is 6.36. The number of carbonyl (C=O) groups is 1. The molecule has 31 heavy (non-hydrogen) atoms. The van der Waals surface area contributed by atoms with Crippen molar-refractivity contribution in [2.24, 2.45) is 0 Å². The number of carbonyl (C=O) groups excluding carboxylic acids is 1. The van der Waals surface area contributed by atoms with E-state index < -0.39 is 11.0 Å². The van der Waals surface area contributed by atoms with Crippen molar-refractivity contribution in [3.63, 3.8) is 0 Å². The highest BCUT2D eigenvalue weighted by Gasteiger charge is 2.29. The smallest absolute Gasteiger partial charge is 0.270 e. The van der Waals surface area contributed by atoms with Gasteiger partial charge in [0.2, 0.25) is 0 Å². The van der Waals surface area contributed by atoms with Gasteiger partial charge in [-0.1, -0.05) is 30.7 Å². The van der Waals surface area contributed by atoms with Gasteiger partial charge in [0.15, 0.2) is 0 Å². The molecule has 0 spiro atoms. The van der Waals surface area contributed by atoms with Crippen molar-refractivity contribution in [2.75, 3.05) is 6.54 Å². The Balaban J connectivity index is 2.11. The number of nitro groups is 1. The maximum atomic E-state index is 13.4. The average Bonchev–Trinajstić information content (AvgIpc) is 2.76. The molecule has 1 heterocycles. The molecule has 2 aromatic carbocycles. The summed E-state index contributed by atoms with van der Waals surface area (Å²) in [4.78, 5) is 43.1. The molecular formula is C22H23ClN4O4. The fourth-order valence-corrected chi connectivity index (χ4v) is 3.99. The standard InChI is InChI=1S/C22H23ClN4O4/c1-4-19(20-24-18-10-8-7-9-16(18)22(29)26(20)6-3)25(5-2)21(28)15-12-11-14(27(30)31)13-17(15)23/h7-13,19H,4-6H2,1-3H3. The zero-order valence-corrected chi connectivity index (χ0v) is 18.3. The molecule has 3 rings (SSSR count). The largest absolute Gasteiger partial charge is 0.329 e. The van der Waals surface area contributed by atoms with E-state index in [9.17, 15) is 19.7 Å². The van der Waals surface area contributed by atoms with Crippen LogP contribution in [0.4, 0.5) is 5.69 Å². The van der Waals surface area contributed by atoms with E-state index in [1.165, 1.54) is 18.2 Å². The van der Waals surface area contributed by atoms with Gasteiger partial charge in [0.05, 0.1) is 32.5 Å². The number of hydrogen-bond acceptors (Lipinski definition) is 5. The zero-order valence-electron chi connectivity index (χ0n) is 17.5. The van der Waals surface area contributed by atoms with Crippen molar-refractivity contribution in [1.82, 2.24) is 14.5 Å². The van der Waals surface area contributed by atoms with Crippen LogP contribution in [0.5, 0.6) is 0 Å². The lowest BCUT2D eigenvalue weighted by Gasteiger charge is -2.31. The van der Waals surface area contributed by atoms with E-state index in [1.54, 1.807) is 27.7 Å². The van der Waals surface area contributed by atoms with E-state index in [1.807, 2.05) is 26.8 Å². The molecule has 0 aliphatic carbocycles. The van der Waals surface area contributed by atoms with Crippen LogP contribution in [0, 0.1) is 10.1 Å². The van der Waals surface area contributed by atoms with Crippen molar-refractivity contribution in [1.29, 1.82) is 0 Å². The molecule has 0 N–H and O–H groups in total. The summed E-state index contributed by atoms with van der Waals surface area (Å²) in [5.41, 5.74) is 0.396. The molecule has 1 unspecified atom stereocenters. The molecule has 0 aliphatic rings. The van der Waals surface area contributed by atoms with Gasteiger partial charge in [-0.25, -0.2) is 4.98 Å². The second-order valence-corrected chi connectivity index (χ2v) is 7.38. The van der Waals surface area contributed by atoms with Crippen LogP contribution in [0.15, 0.2) is 47.3 Å². The highest BCUT2D eigenvalue weighted by Crippen LogP contribution is 2.29. The van der Waals surface area contributed by atoms with E-state index in [2.05, 4.69) is 0 Å². The van der Waals surface area contributed by atoms with Gasteiger partial charge < -0.3 is 4.90 Å². The molecule has 0 saturated carbocycles. The predicted molar refractivity (Wildman–Crippen MR) is 120 cm³/mol. The third kappa shape index (κ3) is 4.16. The molecule has 1 amide bonds. The molecule has 8 nitrogen and oxygen atoms in total. The van der Waals surface area contributed by atoms with Gasteiger partial charge in [0.1, 0.15) is 5.82 Å². The Labute approximate surface area is 184 Å². The van der Waals surface area contributed by atoms with Gasteiger partial charge in [-0.2, -0.15) is 0 Å². The van der Waals surface area contributed by atoms with Crippen LogP contribution in [0.1, 0.15) is 49.4 Å². The predicted octanol–water partition coefficient (Wildman–Crippen LogP) is 4.59. The average molecular weight is 443 g/mol. The lowest BCUT2D eigenvalue weighted by molar-refractivity contribution is -0.384. The number of amides is 1. The molecule has 0 saturated heterocycles. The van der Waals surface area contributed by atoms with Gasteiger partial charge >= 0.3 is 0 Å². The first kappa shape index (κ1) is 22.4. The quantitative estimate of drug-likeness (QED) is 0.393. The number of nitro benzene ring substituents is 1. The Morgan fingerprint density at radius 3 is 2.52 bits per heavy atom. The number of nitrogens with zero attached hydrogens (tertiary/aromatic N) is 4. The SMILES string of the molecule is CCC(c1nc2ccccc2c(=O)n1CC)N(CC)C(=O)c1ccc([N+](=O)[O-])cc1Cl. The van der Waals surface area contributed by atoms with Crippen molar-refractivity contribution < 1.29 is 9.72 Å². The molecule has 0 bridgehead atoms. The first-order chi connectivity index (χ1) is 14.8. The van der Waals surface area contributed by atoms with Crippen molar-refractivity contribution >= 4 is 34.1 Å². The zero-order chi connectivity index (χ0) is 22.7. The van der Waals surface area contributed by atoms with Crippen LogP contribution in [-0.2, 0) is 6.54 Å². The summed E-state index contributed by atoms with van der Waals surface area (Å²) in [5, 5.41) is 11.5. The van der Waals surface area contributed by atoms with Gasteiger partial charge in [0.25, 0.3) is 17.2 Å². The summed E-state index contributed by atoms with van der Waals surface area (Å²) >= 11 is 6.20. The molecule has 3 aromatic rings. The molecule has 1 aromatic heterocycles.